The highest BCUT2D eigenvalue weighted by Crippen LogP contribution is 2.30. The van der Waals surface area contributed by atoms with E-state index in [-0.39, 0.29) is 0 Å². The molecule has 0 aliphatic carbocycles. The lowest BCUT2D eigenvalue weighted by molar-refractivity contribution is 0.0672. The number of nitrogens with zero attached hydrogens (tertiary/aromatic N) is 3. The first kappa shape index (κ1) is 13.1. The number of aliphatic hydroxyl groups is 1. The molecular weight excluding hydrogens is 266 g/mol. The van der Waals surface area contributed by atoms with Gasteiger partial charge in [-0.15, -0.1) is 0 Å². The summed E-state index contributed by atoms with van der Waals surface area (Å²) in [5.74, 6) is 1.44. The Morgan fingerprint density at radius 3 is 3.00 bits per heavy atom. The van der Waals surface area contributed by atoms with Gasteiger partial charge in [-0.3, -0.25) is 4.90 Å². The van der Waals surface area contributed by atoms with E-state index in [2.05, 4.69) is 21.0 Å². The number of aliphatic hydroxyl groups excluding tert-OH is 1. The van der Waals surface area contributed by atoms with Crippen molar-refractivity contribution in [2.24, 2.45) is 5.92 Å². The largest absolute Gasteiger partial charge is 0.396 e. The lowest BCUT2D eigenvalue weighted by Crippen LogP contribution is -2.57. The predicted molar refractivity (Wildman–Crippen MR) is 81.4 cm³/mol. The Balaban J connectivity index is 1.54. The van der Waals surface area contributed by atoms with E-state index in [4.69, 9.17) is 4.52 Å². The first-order valence-electron chi connectivity index (χ1n) is 7.79. The third-order valence-electron chi connectivity index (χ3n) is 4.92. The molecule has 1 aromatic heterocycles. The Labute approximate surface area is 124 Å². The van der Waals surface area contributed by atoms with Gasteiger partial charge in [0.2, 0.25) is 0 Å². The summed E-state index contributed by atoms with van der Waals surface area (Å²) in [6, 6.07) is 8.64. The quantitative estimate of drug-likeness (QED) is 0.911. The average molecular weight is 287 g/mol. The number of para-hydroxylation sites is 1. The monoisotopic (exact) mass is 287 g/mol. The summed E-state index contributed by atoms with van der Waals surface area (Å²) in [4.78, 5) is 4.88. The summed E-state index contributed by atoms with van der Waals surface area (Å²) in [7, 11) is 0. The summed E-state index contributed by atoms with van der Waals surface area (Å²) in [6.45, 7) is 4.39. The van der Waals surface area contributed by atoms with Crippen LogP contribution in [-0.2, 0) is 0 Å². The molecule has 2 fully saturated rings. The average Bonchev–Trinajstić information content (AvgIpc) is 2.98. The standard InChI is InChI=1S/C16H21N3O2/c20-11-12-5-6-13-10-19(8-7-18(13)9-12)16-14-3-1-2-4-15(14)21-17-16/h1-4,12-13,20H,5-11H2. The highest BCUT2D eigenvalue weighted by molar-refractivity contribution is 5.88. The summed E-state index contributed by atoms with van der Waals surface area (Å²) in [6.07, 6.45) is 2.29. The minimum absolute atomic E-state index is 0.320. The van der Waals surface area contributed by atoms with Gasteiger partial charge in [0.15, 0.2) is 11.4 Å². The molecule has 1 N–H and O–H groups in total. The van der Waals surface area contributed by atoms with Crippen molar-refractivity contribution in [3.8, 4) is 0 Å². The maximum absolute atomic E-state index is 9.34. The molecule has 0 radical (unpaired) electrons. The van der Waals surface area contributed by atoms with E-state index in [0.717, 1.165) is 55.8 Å². The second-order valence-corrected chi connectivity index (χ2v) is 6.22. The molecule has 1 aromatic carbocycles. The molecule has 3 heterocycles. The highest BCUT2D eigenvalue weighted by Gasteiger charge is 2.33. The Bertz CT molecular complexity index is 627. The fourth-order valence-corrected chi connectivity index (χ4v) is 3.70. The lowest BCUT2D eigenvalue weighted by Gasteiger charge is -2.46. The number of fused-ring (bicyclic) bond motifs is 2. The van der Waals surface area contributed by atoms with Crippen molar-refractivity contribution < 1.29 is 9.63 Å². The molecule has 4 rings (SSSR count). The van der Waals surface area contributed by atoms with Gasteiger partial charge >= 0.3 is 0 Å². The van der Waals surface area contributed by atoms with Crippen LogP contribution in [0.1, 0.15) is 12.8 Å². The minimum Gasteiger partial charge on any atom is -0.396 e. The van der Waals surface area contributed by atoms with Gasteiger partial charge in [-0.05, 0) is 30.9 Å². The summed E-state index contributed by atoms with van der Waals surface area (Å²) < 4.78 is 5.43. The number of rotatable bonds is 2. The Hall–Kier alpha value is -1.59. The maximum Gasteiger partial charge on any atom is 0.180 e. The molecule has 21 heavy (non-hydrogen) atoms. The number of piperidine rings is 1. The zero-order valence-electron chi connectivity index (χ0n) is 12.1. The van der Waals surface area contributed by atoms with Gasteiger partial charge in [-0.1, -0.05) is 17.3 Å². The van der Waals surface area contributed by atoms with Gasteiger partial charge in [0.25, 0.3) is 0 Å². The number of piperazine rings is 1. The number of aromatic nitrogens is 1. The molecule has 2 saturated heterocycles. The first-order valence-corrected chi connectivity index (χ1v) is 7.79. The van der Waals surface area contributed by atoms with Crippen LogP contribution in [0.4, 0.5) is 5.82 Å². The zero-order valence-corrected chi connectivity index (χ0v) is 12.1. The lowest BCUT2D eigenvalue weighted by atomic mass is 9.91. The van der Waals surface area contributed by atoms with Gasteiger partial charge in [0, 0.05) is 38.8 Å². The molecular formula is C16H21N3O2. The van der Waals surface area contributed by atoms with Crippen molar-refractivity contribution in [2.45, 2.75) is 18.9 Å². The summed E-state index contributed by atoms with van der Waals surface area (Å²) >= 11 is 0. The van der Waals surface area contributed by atoms with Crippen molar-refractivity contribution in [1.29, 1.82) is 0 Å². The normalized spacial score (nSPS) is 27.0. The highest BCUT2D eigenvalue weighted by atomic mass is 16.5. The van der Waals surface area contributed by atoms with Gasteiger partial charge < -0.3 is 14.5 Å². The zero-order chi connectivity index (χ0) is 14.2. The predicted octanol–water partition coefficient (Wildman–Crippen LogP) is 1.72. The molecule has 0 bridgehead atoms. The van der Waals surface area contributed by atoms with Crippen LogP contribution < -0.4 is 4.90 Å². The Morgan fingerprint density at radius 2 is 2.10 bits per heavy atom. The van der Waals surface area contributed by atoms with Crippen molar-refractivity contribution in [3.05, 3.63) is 24.3 Å². The van der Waals surface area contributed by atoms with E-state index in [0.29, 0.717) is 18.6 Å². The van der Waals surface area contributed by atoms with Crippen LogP contribution in [0, 0.1) is 5.92 Å². The first-order chi connectivity index (χ1) is 10.3. The fraction of sp³-hybridized carbons (Fsp3) is 0.562. The van der Waals surface area contributed by atoms with E-state index in [1.54, 1.807) is 0 Å². The van der Waals surface area contributed by atoms with Crippen LogP contribution in [-0.4, -0.2) is 54.0 Å². The molecule has 5 heteroatoms. The molecule has 2 atom stereocenters. The molecule has 2 aromatic rings. The topological polar surface area (TPSA) is 52.7 Å². The number of benzene rings is 1. The fourth-order valence-electron chi connectivity index (χ4n) is 3.70. The van der Waals surface area contributed by atoms with E-state index >= 15 is 0 Å². The third-order valence-corrected chi connectivity index (χ3v) is 4.92. The summed E-state index contributed by atoms with van der Waals surface area (Å²) in [5, 5.41) is 14.7. The van der Waals surface area contributed by atoms with Crippen LogP contribution >= 0.6 is 0 Å². The van der Waals surface area contributed by atoms with Gasteiger partial charge in [-0.25, -0.2) is 0 Å². The van der Waals surface area contributed by atoms with Crippen molar-refractivity contribution >= 4 is 16.8 Å². The van der Waals surface area contributed by atoms with Crippen LogP contribution in [0.3, 0.4) is 0 Å². The molecule has 0 spiro atoms. The van der Waals surface area contributed by atoms with Crippen molar-refractivity contribution in [3.63, 3.8) is 0 Å². The number of hydrogen-bond acceptors (Lipinski definition) is 5. The molecule has 2 aliphatic rings. The second kappa shape index (κ2) is 5.31. The van der Waals surface area contributed by atoms with E-state index in [1.165, 1.54) is 0 Å². The molecule has 112 valence electrons. The van der Waals surface area contributed by atoms with E-state index in [1.807, 2.05) is 18.2 Å². The van der Waals surface area contributed by atoms with Gasteiger partial charge in [0.1, 0.15) is 0 Å². The molecule has 2 aliphatic heterocycles. The number of anilines is 1. The summed E-state index contributed by atoms with van der Waals surface area (Å²) in [5.41, 5.74) is 0.860. The van der Waals surface area contributed by atoms with Crippen LogP contribution in [0.5, 0.6) is 0 Å². The Morgan fingerprint density at radius 1 is 1.19 bits per heavy atom. The molecule has 5 nitrogen and oxygen atoms in total. The Kier molecular flexibility index (Phi) is 3.31. The van der Waals surface area contributed by atoms with Crippen LogP contribution in [0.25, 0.3) is 11.0 Å². The molecule has 2 unspecified atom stereocenters. The maximum atomic E-state index is 9.34. The SMILES string of the molecule is OCC1CCC2CN(c3noc4ccccc34)CCN2C1. The minimum atomic E-state index is 0.320. The third kappa shape index (κ3) is 2.30. The number of hydrogen-bond donors (Lipinski definition) is 1. The smallest absolute Gasteiger partial charge is 0.180 e. The second-order valence-electron chi connectivity index (χ2n) is 6.22. The molecule has 0 saturated carbocycles. The van der Waals surface area contributed by atoms with Crippen LogP contribution in [0.2, 0.25) is 0 Å². The van der Waals surface area contributed by atoms with Gasteiger partial charge in [-0.2, -0.15) is 0 Å². The van der Waals surface area contributed by atoms with Gasteiger partial charge in [0.05, 0.1) is 5.39 Å². The van der Waals surface area contributed by atoms with E-state index < -0.39 is 0 Å². The molecule has 0 amide bonds. The van der Waals surface area contributed by atoms with Crippen LogP contribution in [0.15, 0.2) is 28.8 Å². The van der Waals surface area contributed by atoms with Crippen molar-refractivity contribution in [1.82, 2.24) is 10.1 Å². The van der Waals surface area contributed by atoms with E-state index in [9.17, 15) is 5.11 Å². The van der Waals surface area contributed by atoms with Crippen molar-refractivity contribution in [2.75, 3.05) is 37.7 Å².